The summed E-state index contributed by atoms with van der Waals surface area (Å²) < 4.78 is 38.5. The predicted octanol–water partition coefficient (Wildman–Crippen LogP) is 1.21. The second-order valence-corrected chi connectivity index (χ2v) is 4.28. The largest absolute Gasteiger partial charge is 0.418 e. The monoisotopic (exact) mass is 259 g/mol. The Morgan fingerprint density at radius 3 is 2.44 bits per heavy atom. The summed E-state index contributed by atoms with van der Waals surface area (Å²) in [6.07, 6.45) is -4.47. The number of primary amides is 1. The van der Waals surface area contributed by atoms with E-state index in [1.54, 1.807) is 0 Å². The van der Waals surface area contributed by atoms with Crippen LogP contribution < -0.4 is 16.4 Å². The van der Waals surface area contributed by atoms with Gasteiger partial charge >= 0.3 is 6.18 Å². The van der Waals surface area contributed by atoms with Gasteiger partial charge in [0.05, 0.1) is 11.5 Å². The molecule has 18 heavy (non-hydrogen) atoms. The summed E-state index contributed by atoms with van der Waals surface area (Å²) in [4.78, 5) is 12.3. The number of halogens is 3. The number of carbonyl (C=O) groups excluding carboxylic acids is 1. The third kappa shape index (κ3) is 2.20. The molecule has 1 aromatic carbocycles. The number of alkyl halides is 3. The van der Waals surface area contributed by atoms with Gasteiger partial charge in [0, 0.05) is 24.5 Å². The van der Waals surface area contributed by atoms with Crippen molar-refractivity contribution in [3.63, 3.8) is 0 Å². The van der Waals surface area contributed by atoms with Crippen LogP contribution in [0.2, 0.25) is 0 Å². The van der Waals surface area contributed by atoms with E-state index in [4.69, 9.17) is 11.5 Å². The summed E-state index contributed by atoms with van der Waals surface area (Å²) in [6.45, 7) is 0.421. The maximum absolute atomic E-state index is 12.8. The summed E-state index contributed by atoms with van der Waals surface area (Å²) in [5, 5.41) is 0. The molecule has 0 spiro atoms. The average molecular weight is 259 g/mol. The van der Waals surface area contributed by atoms with Gasteiger partial charge in [-0.25, -0.2) is 0 Å². The highest BCUT2D eigenvalue weighted by molar-refractivity contribution is 5.80. The fraction of sp³-hybridized carbons (Fsp3) is 0.364. The Morgan fingerprint density at radius 1 is 1.33 bits per heavy atom. The van der Waals surface area contributed by atoms with Gasteiger partial charge in [-0.15, -0.1) is 0 Å². The van der Waals surface area contributed by atoms with Crippen LogP contribution in [-0.2, 0) is 11.0 Å². The van der Waals surface area contributed by atoms with E-state index in [0.717, 1.165) is 6.07 Å². The molecule has 1 fully saturated rings. The smallest absolute Gasteiger partial charge is 0.399 e. The summed E-state index contributed by atoms with van der Waals surface area (Å²) in [7, 11) is 0. The van der Waals surface area contributed by atoms with Gasteiger partial charge < -0.3 is 16.4 Å². The third-order valence-corrected chi connectivity index (χ3v) is 2.95. The number of amides is 1. The number of hydrogen-bond acceptors (Lipinski definition) is 3. The highest BCUT2D eigenvalue weighted by Gasteiger charge is 2.39. The summed E-state index contributed by atoms with van der Waals surface area (Å²) in [5.41, 5.74) is 9.75. The molecule has 0 unspecified atom stereocenters. The van der Waals surface area contributed by atoms with Crippen LogP contribution in [0.3, 0.4) is 0 Å². The Labute approximate surface area is 101 Å². The summed E-state index contributed by atoms with van der Waals surface area (Å²) in [5.74, 6) is -0.876. The Hall–Kier alpha value is -1.92. The zero-order valence-corrected chi connectivity index (χ0v) is 9.37. The first-order valence-electron chi connectivity index (χ1n) is 5.30. The van der Waals surface area contributed by atoms with Crippen LogP contribution in [0.5, 0.6) is 0 Å². The predicted molar refractivity (Wildman–Crippen MR) is 60.8 cm³/mol. The second-order valence-electron chi connectivity index (χ2n) is 4.28. The van der Waals surface area contributed by atoms with Crippen LogP contribution in [0.4, 0.5) is 24.5 Å². The van der Waals surface area contributed by atoms with Crippen LogP contribution in [-0.4, -0.2) is 19.0 Å². The van der Waals surface area contributed by atoms with Crippen molar-refractivity contribution in [3.8, 4) is 0 Å². The van der Waals surface area contributed by atoms with Crippen molar-refractivity contribution in [2.75, 3.05) is 23.7 Å². The molecule has 2 rings (SSSR count). The number of rotatable bonds is 2. The molecule has 0 atom stereocenters. The lowest BCUT2D eigenvalue weighted by atomic mass is 9.97. The van der Waals surface area contributed by atoms with Crippen molar-refractivity contribution in [1.29, 1.82) is 0 Å². The fourth-order valence-corrected chi connectivity index (χ4v) is 1.91. The number of nitrogens with two attached hydrogens (primary N) is 2. The van der Waals surface area contributed by atoms with E-state index >= 15 is 0 Å². The molecule has 0 aliphatic carbocycles. The van der Waals surface area contributed by atoms with Gasteiger partial charge in [-0.1, -0.05) is 0 Å². The van der Waals surface area contributed by atoms with Gasteiger partial charge in [0.2, 0.25) is 5.91 Å². The molecule has 1 saturated heterocycles. The Balaban J connectivity index is 2.27. The molecular weight excluding hydrogens is 247 g/mol. The lowest BCUT2D eigenvalue weighted by Crippen LogP contribution is -2.53. The Bertz CT molecular complexity index is 481. The van der Waals surface area contributed by atoms with Gasteiger partial charge in [-0.2, -0.15) is 13.2 Å². The summed E-state index contributed by atoms with van der Waals surface area (Å²) >= 11 is 0. The molecule has 4 nitrogen and oxygen atoms in total. The lowest BCUT2D eigenvalue weighted by molar-refractivity contribution is -0.137. The van der Waals surface area contributed by atoms with Crippen molar-refractivity contribution in [2.24, 2.45) is 11.7 Å². The van der Waals surface area contributed by atoms with Crippen molar-refractivity contribution in [1.82, 2.24) is 0 Å². The normalized spacial score (nSPS) is 16.5. The van der Waals surface area contributed by atoms with Gasteiger partial charge in [-0.3, -0.25) is 4.79 Å². The first kappa shape index (κ1) is 12.5. The van der Waals surface area contributed by atoms with E-state index in [0.29, 0.717) is 0 Å². The molecular formula is C11H12F3N3O. The number of nitrogen functional groups attached to an aromatic ring is 1. The molecule has 1 heterocycles. The van der Waals surface area contributed by atoms with Crippen LogP contribution in [0, 0.1) is 5.92 Å². The van der Waals surface area contributed by atoms with Crippen LogP contribution in [0.1, 0.15) is 5.56 Å². The van der Waals surface area contributed by atoms with Crippen molar-refractivity contribution >= 4 is 17.3 Å². The van der Waals surface area contributed by atoms with E-state index in [-0.39, 0.29) is 30.4 Å². The number of benzene rings is 1. The highest BCUT2D eigenvalue weighted by atomic mass is 19.4. The quantitative estimate of drug-likeness (QED) is 0.784. The van der Waals surface area contributed by atoms with Crippen LogP contribution in [0.15, 0.2) is 18.2 Å². The maximum atomic E-state index is 12.8. The standard InChI is InChI=1S/C11H12F3N3O/c12-11(13,14)8-3-7(15)1-2-9(8)17-4-6(5-17)10(16)18/h1-3,6H,4-5,15H2,(H2,16,18). The van der Waals surface area contributed by atoms with E-state index in [1.165, 1.54) is 17.0 Å². The minimum absolute atomic E-state index is 0.0363. The van der Waals surface area contributed by atoms with E-state index in [9.17, 15) is 18.0 Å². The Morgan fingerprint density at radius 2 is 1.94 bits per heavy atom. The number of carbonyl (C=O) groups is 1. The number of hydrogen-bond donors (Lipinski definition) is 2. The molecule has 1 aliphatic rings. The number of nitrogens with zero attached hydrogens (tertiary/aromatic N) is 1. The van der Waals surface area contributed by atoms with E-state index in [1.807, 2.05) is 0 Å². The van der Waals surface area contributed by atoms with Gasteiger partial charge in [0.25, 0.3) is 0 Å². The average Bonchev–Trinajstić information content (AvgIpc) is 2.15. The zero-order valence-electron chi connectivity index (χ0n) is 9.37. The molecule has 1 aliphatic heterocycles. The van der Waals surface area contributed by atoms with Gasteiger partial charge in [0.15, 0.2) is 0 Å². The van der Waals surface area contributed by atoms with Gasteiger partial charge in [-0.05, 0) is 18.2 Å². The fourth-order valence-electron chi connectivity index (χ4n) is 1.91. The first-order chi connectivity index (χ1) is 8.29. The molecule has 1 aromatic rings. The minimum Gasteiger partial charge on any atom is -0.399 e. The van der Waals surface area contributed by atoms with E-state index in [2.05, 4.69) is 0 Å². The molecule has 0 aromatic heterocycles. The minimum atomic E-state index is -4.47. The lowest BCUT2D eigenvalue weighted by Gasteiger charge is -2.40. The maximum Gasteiger partial charge on any atom is 0.418 e. The number of anilines is 2. The Kier molecular flexibility index (Phi) is 2.84. The molecule has 4 N–H and O–H groups in total. The molecule has 0 radical (unpaired) electrons. The highest BCUT2D eigenvalue weighted by Crippen LogP contribution is 2.39. The zero-order chi connectivity index (χ0) is 13.5. The molecule has 0 bridgehead atoms. The van der Waals surface area contributed by atoms with Crippen molar-refractivity contribution < 1.29 is 18.0 Å². The molecule has 7 heteroatoms. The molecule has 0 saturated carbocycles. The van der Waals surface area contributed by atoms with E-state index < -0.39 is 17.6 Å². The molecule has 1 amide bonds. The topological polar surface area (TPSA) is 72.4 Å². The van der Waals surface area contributed by atoms with Crippen LogP contribution >= 0.6 is 0 Å². The SMILES string of the molecule is NC(=O)C1CN(c2ccc(N)cc2C(F)(F)F)C1. The van der Waals surface area contributed by atoms with Crippen molar-refractivity contribution in [2.45, 2.75) is 6.18 Å². The summed E-state index contributed by atoms with van der Waals surface area (Å²) in [6, 6.07) is 3.62. The van der Waals surface area contributed by atoms with Gasteiger partial charge in [0.1, 0.15) is 0 Å². The third-order valence-electron chi connectivity index (χ3n) is 2.95. The van der Waals surface area contributed by atoms with Crippen molar-refractivity contribution in [3.05, 3.63) is 23.8 Å². The first-order valence-corrected chi connectivity index (χ1v) is 5.30. The van der Waals surface area contributed by atoms with Crippen LogP contribution in [0.25, 0.3) is 0 Å². The molecule has 98 valence electrons. The second kappa shape index (κ2) is 4.08.